The number of fused-ring (bicyclic) bond motifs is 1. The molecule has 1 N–H and O–H groups in total. The van der Waals surface area contributed by atoms with Gasteiger partial charge >= 0.3 is 0 Å². The Morgan fingerprint density at radius 1 is 1.33 bits per heavy atom. The van der Waals surface area contributed by atoms with Gasteiger partial charge < -0.3 is 5.11 Å². The summed E-state index contributed by atoms with van der Waals surface area (Å²) < 4.78 is 0. The quantitative estimate of drug-likeness (QED) is 0.727. The van der Waals surface area contributed by atoms with E-state index in [1.165, 1.54) is 10.5 Å². The van der Waals surface area contributed by atoms with E-state index in [2.05, 4.69) is 45.0 Å². The van der Waals surface area contributed by atoms with Crippen molar-refractivity contribution in [3.8, 4) is 0 Å². The predicted molar refractivity (Wildman–Crippen MR) is 65.4 cm³/mol. The summed E-state index contributed by atoms with van der Waals surface area (Å²) in [4.78, 5) is 1.33. The number of thioether (sulfide) groups is 1. The van der Waals surface area contributed by atoms with Gasteiger partial charge in [-0.15, -0.1) is 11.8 Å². The van der Waals surface area contributed by atoms with Crippen LogP contribution in [0.4, 0.5) is 0 Å². The van der Waals surface area contributed by atoms with E-state index >= 15 is 0 Å². The molecule has 0 unspecified atom stereocenters. The average Bonchev–Trinajstić information content (AvgIpc) is 2.31. The summed E-state index contributed by atoms with van der Waals surface area (Å²) in [6.07, 6.45) is -0.256. The molecule has 0 saturated heterocycles. The van der Waals surface area contributed by atoms with Crippen molar-refractivity contribution in [1.29, 1.82) is 0 Å². The van der Waals surface area contributed by atoms with Crippen molar-refractivity contribution in [3.63, 3.8) is 0 Å². The third kappa shape index (κ3) is 1.93. The summed E-state index contributed by atoms with van der Waals surface area (Å²) >= 11 is 1.86. The molecule has 2 rings (SSSR count). The minimum Gasteiger partial charge on any atom is -0.392 e. The van der Waals surface area contributed by atoms with Gasteiger partial charge in [-0.3, -0.25) is 0 Å². The molecule has 1 aliphatic rings. The maximum atomic E-state index is 10.3. The second-order valence-electron chi connectivity index (χ2n) is 5.05. The van der Waals surface area contributed by atoms with Crippen LogP contribution in [0, 0.1) is 5.41 Å². The monoisotopic (exact) mass is 222 g/mol. The fourth-order valence-electron chi connectivity index (χ4n) is 2.18. The zero-order chi connectivity index (χ0) is 11.1. The van der Waals surface area contributed by atoms with Gasteiger partial charge in [0.1, 0.15) is 0 Å². The Hall–Kier alpha value is -0.470. The standard InChI is InChI=1S/C13H18OS/c1-9-10-6-4-5-7-11(10)15-8-13(2,3)12(9)14/h4-7,9,12,14H,8H2,1-3H3/t9-,12-/m0/s1. The lowest BCUT2D eigenvalue weighted by molar-refractivity contribution is 0.0473. The fraction of sp³-hybridized carbons (Fsp3) is 0.538. The van der Waals surface area contributed by atoms with Gasteiger partial charge in [0.05, 0.1) is 6.10 Å². The van der Waals surface area contributed by atoms with E-state index in [9.17, 15) is 5.11 Å². The van der Waals surface area contributed by atoms with Crippen molar-refractivity contribution < 1.29 is 5.11 Å². The van der Waals surface area contributed by atoms with Crippen LogP contribution in [0.3, 0.4) is 0 Å². The molecule has 1 aliphatic heterocycles. The molecule has 82 valence electrons. The second kappa shape index (κ2) is 3.84. The molecule has 0 aliphatic carbocycles. The molecular weight excluding hydrogens is 204 g/mol. The number of benzene rings is 1. The molecule has 15 heavy (non-hydrogen) atoms. The summed E-state index contributed by atoms with van der Waals surface area (Å²) in [6.45, 7) is 6.41. The minimum atomic E-state index is -0.256. The Morgan fingerprint density at radius 3 is 2.73 bits per heavy atom. The molecule has 0 amide bonds. The lowest BCUT2D eigenvalue weighted by atomic mass is 9.79. The molecule has 2 atom stereocenters. The topological polar surface area (TPSA) is 20.2 Å². The number of aliphatic hydroxyl groups is 1. The van der Waals surface area contributed by atoms with Crippen LogP contribution in [0.15, 0.2) is 29.2 Å². The molecular formula is C13H18OS. The first-order valence-corrected chi connectivity index (χ1v) is 6.41. The Bertz CT molecular complexity index is 359. The Kier molecular flexibility index (Phi) is 2.82. The van der Waals surface area contributed by atoms with E-state index in [1.54, 1.807) is 0 Å². The molecule has 0 bridgehead atoms. The molecule has 2 heteroatoms. The minimum absolute atomic E-state index is 0.0108. The molecule has 1 heterocycles. The van der Waals surface area contributed by atoms with E-state index in [4.69, 9.17) is 0 Å². The van der Waals surface area contributed by atoms with E-state index in [0.717, 1.165) is 5.75 Å². The zero-order valence-electron chi connectivity index (χ0n) is 9.53. The van der Waals surface area contributed by atoms with Crippen LogP contribution in [-0.2, 0) is 0 Å². The summed E-state index contributed by atoms with van der Waals surface area (Å²) in [5.74, 6) is 1.21. The van der Waals surface area contributed by atoms with Crippen molar-refractivity contribution in [1.82, 2.24) is 0 Å². The molecule has 0 spiro atoms. The van der Waals surface area contributed by atoms with Gasteiger partial charge in [-0.1, -0.05) is 39.0 Å². The first-order valence-electron chi connectivity index (χ1n) is 5.42. The SMILES string of the molecule is C[C@H]1c2ccccc2SCC(C)(C)[C@H]1O. The third-order valence-electron chi connectivity index (χ3n) is 3.28. The normalized spacial score (nSPS) is 29.3. The van der Waals surface area contributed by atoms with Crippen molar-refractivity contribution >= 4 is 11.8 Å². The Morgan fingerprint density at radius 2 is 2.00 bits per heavy atom. The van der Waals surface area contributed by atoms with Crippen molar-refractivity contribution in [2.75, 3.05) is 5.75 Å². The first kappa shape index (κ1) is 11.0. The fourth-order valence-corrected chi connectivity index (χ4v) is 3.48. The van der Waals surface area contributed by atoms with E-state index in [0.29, 0.717) is 0 Å². The van der Waals surface area contributed by atoms with Crippen LogP contribution in [-0.4, -0.2) is 17.0 Å². The Labute approximate surface area is 95.9 Å². The molecule has 1 aromatic rings. The lowest BCUT2D eigenvalue weighted by Gasteiger charge is -2.31. The van der Waals surface area contributed by atoms with Gasteiger partial charge in [-0.05, 0) is 11.6 Å². The third-order valence-corrected chi connectivity index (χ3v) is 4.85. The number of aliphatic hydroxyl groups excluding tert-OH is 1. The predicted octanol–water partition coefficient (Wildman–Crippen LogP) is 3.28. The van der Waals surface area contributed by atoms with Crippen LogP contribution in [0.2, 0.25) is 0 Å². The van der Waals surface area contributed by atoms with Crippen LogP contribution in [0.1, 0.15) is 32.3 Å². The summed E-state index contributed by atoms with van der Waals surface area (Å²) in [6, 6.07) is 8.42. The first-order chi connectivity index (χ1) is 7.02. The van der Waals surface area contributed by atoms with Gasteiger partial charge in [0.15, 0.2) is 0 Å². The highest BCUT2D eigenvalue weighted by atomic mass is 32.2. The highest BCUT2D eigenvalue weighted by Gasteiger charge is 2.36. The summed E-state index contributed by atoms with van der Waals surface area (Å²) in [7, 11) is 0. The van der Waals surface area contributed by atoms with Gasteiger partial charge in [0.2, 0.25) is 0 Å². The molecule has 0 aromatic heterocycles. The second-order valence-corrected chi connectivity index (χ2v) is 6.07. The van der Waals surface area contributed by atoms with Crippen LogP contribution in [0.5, 0.6) is 0 Å². The lowest BCUT2D eigenvalue weighted by Crippen LogP contribution is -2.34. The van der Waals surface area contributed by atoms with E-state index in [1.807, 2.05) is 11.8 Å². The van der Waals surface area contributed by atoms with Crippen molar-refractivity contribution in [2.24, 2.45) is 5.41 Å². The van der Waals surface area contributed by atoms with Gasteiger partial charge in [0, 0.05) is 22.0 Å². The Balaban J connectivity index is 2.43. The molecule has 0 fully saturated rings. The number of rotatable bonds is 0. The highest BCUT2D eigenvalue weighted by molar-refractivity contribution is 7.99. The van der Waals surface area contributed by atoms with Crippen LogP contribution in [0.25, 0.3) is 0 Å². The summed E-state index contributed by atoms with van der Waals surface area (Å²) in [5, 5.41) is 10.3. The van der Waals surface area contributed by atoms with Crippen LogP contribution < -0.4 is 0 Å². The van der Waals surface area contributed by atoms with Crippen molar-refractivity contribution in [3.05, 3.63) is 29.8 Å². The maximum Gasteiger partial charge on any atom is 0.0665 e. The smallest absolute Gasteiger partial charge is 0.0665 e. The van der Waals surface area contributed by atoms with E-state index < -0.39 is 0 Å². The largest absolute Gasteiger partial charge is 0.392 e. The number of hydrogen-bond donors (Lipinski definition) is 1. The van der Waals surface area contributed by atoms with Crippen molar-refractivity contribution in [2.45, 2.75) is 37.7 Å². The molecule has 0 radical (unpaired) electrons. The molecule has 1 nitrogen and oxygen atoms in total. The van der Waals surface area contributed by atoms with Gasteiger partial charge in [-0.25, -0.2) is 0 Å². The average molecular weight is 222 g/mol. The summed E-state index contributed by atoms with van der Waals surface area (Å²) in [5.41, 5.74) is 1.28. The molecule has 0 saturated carbocycles. The van der Waals surface area contributed by atoms with E-state index in [-0.39, 0.29) is 17.4 Å². The van der Waals surface area contributed by atoms with Gasteiger partial charge in [-0.2, -0.15) is 0 Å². The number of hydrogen-bond acceptors (Lipinski definition) is 2. The zero-order valence-corrected chi connectivity index (χ0v) is 10.3. The molecule has 1 aromatic carbocycles. The van der Waals surface area contributed by atoms with Gasteiger partial charge in [0.25, 0.3) is 0 Å². The highest BCUT2D eigenvalue weighted by Crippen LogP contribution is 2.43. The maximum absolute atomic E-state index is 10.3. The van der Waals surface area contributed by atoms with Crippen LogP contribution >= 0.6 is 11.8 Å².